The zero-order chi connectivity index (χ0) is 37.5. The predicted molar refractivity (Wildman–Crippen MR) is 190 cm³/mol. The summed E-state index contributed by atoms with van der Waals surface area (Å²) >= 11 is 14.0. The number of alkyl halides is 3. The molecule has 3 aromatic carbocycles. The summed E-state index contributed by atoms with van der Waals surface area (Å²) in [5, 5.41) is 14.3. The van der Waals surface area contributed by atoms with Gasteiger partial charge in [0.1, 0.15) is 5.75 Å². The second-order valence-corrected chi connectivity index (χ2v) is 14.6. The van der Waals surface area contributed by atoms with Gasteiger partial charge in [0.05, 0.1) is 63.4 Å². The predicted octanol–water partition coefficient (Wildman–Crippen LogP) is 7.08. The fourth-order valence-corrected chi connectivity index (χ4v) is 6.24. The summed E-state index contributed by atoms with van der Waals surface area (Å²) in [5.74, 6) is -1.20. The van der Waals surface area contributed by atoms with Crippen LogP contribution in [-0.2, 0) is 22.6 Å². The lowest BCUT2D eigenvalue weighted by Gasteiger charge is -2.31. The van der Waals surface area contributed by atoms with Gasteiger partial charge in [-0.2, -0.15) is 0 Å². The number of ether oxygens (including phenoxy) is 2. The minimum absolute atomic E-state index is 0.0281. The van der Waals surface area contributed by atoms with E-state index >= 15 is 0 Å². The maximum absolute atomic E-state index is 13.1. The third kappa shape index (κ3) is 8.80. The van der Waals surface area contributed by atoms with Gasteiger partial charge in [-0.15, -0.1) is 13.2 Å². The monoisotopic (exact) mass is 750 g/mol. The Hall–Kier alpha value is -4.24. The molecule has 0 atom stereocenters. The lowest BCUT2D eigenvalue weighted by molar-refractivity contribution is -0.274. The largest absolute Gasteiger partial charge is 0.573 e. The van der Waals surface area contributed by atoms with E-state index in [1.807, 2.05) is 4.90 Å². The van der Waals surface area contributed by atoms with E-state index in [1.165, 1.54) is 12.1 Å². The summed E-state index contributed by atoms with van der Waals surface area (Å²) in [6.07, 6.45) is -4.92. The maximum Gasteiger partial charge on any atom is 0.573 e. The summed E-state index contributed by atoms with van der Waals surface area (Å²) in [6.45, 7) is 10.4. The zero-order valence-corrected chi connectivity index (χ0v) is 30.2. The van der Waals surface area contributed by atoms with Crippen molar-refractivity contribution in [3.05, 3.63) is 69.7 Å². The number of aliphatic hydroxyl groups is 1. The molecule has 1 fully saturated rings. The van der Waals surface area contributed by atoms with E-state index in [9.17, 15) is 27.9 Å². The zero-order valence-electron chi connectivity index (χ0n) is 28.7. The highest BCUT2D eigenvalue weighted by atomic mass is 35.5. The van der Waals surface area contributed by atoms with Crippen LogP contribution in [0.15, 0.2) is 48.5 Å². The van der Waals surface area contributed by atoms with Gasteiger partial charge in [-0.05, 0) is 61.9 Å². The number of carbonyl (C=O) groups excluding carboxylic acids is 2. The van der Waals surface area contributed by atoms with Crippen LogP contribution in [0.4, 0.5) is 36.2 Å². The SMILES string of the molecule is CC(C)(O)Cn1c(N(c2ccc(OC(F)(F)F)cc2)c2c(Cl)ccc(CNC(=O)C(C)(C)C)c2Cl)nc2cc(C(N)=O)c(N3CCOCC3)cc21. The normalized spacial score (nSPS) is 14.1. The van der Waals surface area contributed by atoms with Gasteiger partial charge in [0.15, 0.2) is 0 Å². The van der Waals surface area contributed by atoms with Gasteiger partial charge in [-0.1, -0.05) is 50.0 Å². The van der Waals surface area contributed by atoms with Crippen molar-refractivity contribution in [2.75, 3.05) is 36.1 Å². The highest BCUT2D eigenvalue weighted by Gasteiger charge is 2.33. The molecule has 4 N–H and O–H groups in total. The van der Waals surface area contributed by atoms with E-state index in [2.05, 4.69) is 10.1 Å². The van der Waals surface area contributed by atoms with E-state index in [0.717, 1.165) is 12.1 Å². The Morgan fingerprint density at radius 2 is 1.69 bits per heavy atom. The number of hydrogen-bond donors (Lipinski definition) is 3. The molecule has 1 aliphatic heterocycles. The molecule has 4 aromatic rings. The Balaban J connectivity index is 1.78. The molecule has 2 amide bonds. The summed E-state index contributed by atoms with van der Waals surface area (Å²) in [7, 11) is 0. The average Bonchev–Trinajstić information content (AvgIpc) is 3.36. The molecular formula is C35H39Cl2F3N6O5. The Labute approximate surface area is 303 Å². The number of primary amides is 1. The van der Waals surface area contributed by atoms with E-state index < -0.39 is 29.0 Å². The third-order valence-corrected chi connectivity index (χ3v) is 8.75. The number of rotatable bonds is 10. The molecule has 1 aromatic heterocycles. The smallest absolute Gasteiger partial charge is 0.406 e. The number of morpholine rings is 1. The number of amides is 2. The number of hydrogen-bond acceptors (Lipinski definition) is 8. The van der Waals surface area contributed by atoms with Crippen molar-refractivity contribution >= 4 is 69.1 Å². The maximum atomic E-state index is 13.1. The van der Waals surface area contributed by atoms with Gasteiger partial charge in [-0.25, -0.2) is 4.98 Å². The topological polar surface area (TPSA) is 135 Å². The first kappa shape index (κ1) is 38.0. The second kappa shape index (κ2) is 14.4. The van der Waals surface area contributed by atoms with Crippen LogP contribution in [0.25, 0.3) is 11.0 Å². The number of fused-ring (bicyclic) bond motifs is 1. The standard InChI is InChI=1S/C35H39Cl2F3N6O5/c1-33(2,3)31(48)42-18-20-6-11-24(36)29(28(20)37)46(21-7-9-22(10-8-21)51-35(38,39)40)32-43-25-16-23(30(41)47)26(44-12-14-50-15-13-44)17-27(25)45(32)19-34(4,5)49/h6-11,16-17,49H,12-15,18-19H2,1-5H3,(H2,41,47)(H,42,48). The van der Waals surface area contributed by atoms with Crippen LogP contribution < -0.4 is 25.6 Å². The van der Waals surface area contributed by atoms with Crippen LogP contribution in [0.3, 0.4) is 0 Å². The number of nitrogens with one attached hydrogen (secondary N) is 1. The van der Waals surface area contributed by atoms with Crippen LogP contribution >= 0.6 is 23.2 Å². The summed E-state index contributed by atoms with van der Waals surface area (Å²) in [4.78, 5) is 33.9. The molecule has 0 aliphatic carbocycles. The highest BCUT2D eigenvalue weighted by molar-refractivity contribution is 6.40. The first-order valence-corrected chi connectivity index (χ1v) is 16.8. The van der Waals surface area contributed by atoms with Gasteiger partial charge in [0.25, 0.3) is 5.91 Å². The molecule has 2 heterocycles. The van der Waals surface area contributed by atoms with Crippen LogP contribution in [-0.4, -0.2) is 64.7 Å². The molecule has 0 spiro atoms. The Morgan fingerprint density at radius 1 is 1.04 bits per heavy atom. The molecule has 0 unspecified atom stereocenters. The minimum Gasteiger partial charge on any atom is -0.406 e. The fourth-order valence-electron chi connectivity index (χ4n) is 5.63. The summed E-state index contributed by atoms with van der Waals surface area (Å²) in [5.41, 5.74) is 6.45. The number of benzene rings is 3. The van der Waals surface area contributed by atoms with Gasteiger partial charge in [-0.3, -0.25) is 14.5 Å². The Morgan fingerprint density at radius 3 is 2.25 bits per heavy atom. The number of halogens is 5. The molecule has 0 radical (unpaired) electrons. The van der Waals surface area contributed by atoms with Gasteiger partial charge in [0.2, 0.25) is 11.9 Å². The first-order valence-electron chi connectivity index (χ1n) is 16.0. The molecule has 1 aliphatic rings. The number of imidazole rings is 1. The molecule has 16 heteroatoms. The van der Waals surface area contributed by atoms with Crippen LogP contribution in [0.1, 0.15) is 50.5 Å². The van der Waals surface area contributed by atoms with Crippen molar-refractivity contribution < 1.29 is 37.3 Å². The summed E-state index contributed by atoms with van der Waals surface area (Å²) < 4.78 is 50.6. The number of nitrogens with two attached hydrogens (primary N) is 1. The van der Waals surface area contributed by atoms with Crippen molar-refractivity contribution in [3.8, 4) is 5.75 Å². The van der Waals surface area contributed by atoms with Crippen molar-refractivity contribution in [1.29, 1.82) is 0 Å². The van der Waals surface area contributed by atoms with Crippen molar-refractivity contribution in [2.45, 2.75) is 59.7 Å². The van der Waals surface area contributed by atoms with E-state index in [0.29, 0.717) is 48.6 Å². The van der Waals surface area contributed by atoms with Gasteiger partial charge in [0, 0.05) is 30.7 Å². The molecule has 1 saturated heterocycles. The summed E-state index contributed by atoms with van der Waals surface area (Å²) in [6, 6.07) is 11.6. The fraction of sp³-hybridized carbons (Fsp3) is 0.400. The molecule has 11 nitrogen and oxygen atoms in total. The van der Waals surface area contributed by atoms with E-state index in [4.69, 9.17) is 38.7 Å². The lowest BCUT2D eigenvalue weighted by Crippen LogP contribution is -2.37. The van der Waals surface area contributed by atoms with E-state index in [1.54, 1.807) is 68.4 Å². The number of carbonyl (C=O) groups is 2. The van der Waals surface area contributed by atoms with Crippen LogP contribution in [0, 0.1) is 5.41 Å². The second-order valence-electron chi connectivity index (χ2n) is 13.8. The Bertz CT molecular complexity index is 1930. The van der Waals surface area contributed by atoms with E-state index in [-0.39, 0.29) is 51.9 Å². The molecular weight excluding hydrogens is 712 g/mol. The highest BCUT2D eigenvalue weighted by Crippen LogP contribution is 2.46. The third-order valence-electron chi connectivity index (χ3n) is 8.03. The Kier molecular flexibility index (Phi) is 10.7. The van der Waals surface area contributed by atoms with Gasteiger partial charge >= 0.3 is 6.36 Å². The number of anilines is 4. The molecule has 5 rings (SSSR count). The first-order chi connectivity index (χ1) is 23.7. The van der Waals surface area contributed by atoms with Crippen molar-refractivity contribution in [1.82, 2.24) is 14.9 Å². The molecule has 0 bridgehead atoms. The number of aromatic nitrogens is 2. The van der Waals surface area contributed by atoms with Crippen molar-refractivity contribution in [3.63, 3.8) is 0 Å². The van der Waals surface area contributed by atoms with Crippen LogP contribution in [0.5, 0.6) is 5.75 Å². The average molecular weight is 752 g/mol. The van der Waals surface area contributed by atoms with Gasteiger partial charge < -0.3 is 35.1 Å². The molecule has 0 saturated carbocycles. The lowest BCUT2D eigenvalue weighted by atomic mass is 9.95. The quantitative estimate of drug-likeness (QED) is 0.157. The van der Waals surface area contributed by atoms with Crippen LogP contribution in [0.2, 0.25) is 10.0 Å². The molecule has 274 valence electrons. The molecule has 51 heavy (non-hydrogen) atoms. The number of nitrogens with zero attached hydrogens (tertiary/aromatic N) is 4. The minimum atomic E-state index is -4.92. The van der Waals surface area contributed by atoms with Crippen molar-refractivity contribution in [2.24, 2.45) is 11.1 Å².